The summed E-state index contributed by atoms with van der Waals surface area (Å²) in [7, 11) is 1.55. The summed E-state index contributed by atoms with van der Waals surface area (Å²) in [6.45, 7) is 6.37. The van der Waals surface area contributed by atoms with Gasteiger partial charge in [0.05, 0.1) is 18.7 Å². The van der Waals surface area contributed by atoms with Gasteiger partial charge in [-0.05, 0) is 47.7 Å². The van der Waals surface area contributed by atoms with Gasteiger partial charge in [-0.25, -0.2) is 0 Å². The predicted octanol–water partition coefficient (Wildman–Crippen LogP) is 3.68. The Hall–Kier alpha value is -0.683. The third-order valence-electron chi connectivity index (χ3n) is 1.86. The molecule has 0 atom stereocenters. The number of hydrogen-bond acceptors (Lipinski definition) is 3. The van der Waals surface area contributed by atoms with Crippen molar-refractivity contribution < 1.29 is 13.9 Å². The number of benzene rings is 1. The van der Waals surface area contributed by atoms with E-state index in [1.807, 2.05) is 12.1 Å². The van der Waals surface area contributed by atoms with Crippen LogP contribution >= 0.6 is 15.9 Å². The molecular formula is C11H17BrO3Si. The molecule has 0 saturated carbocycles. The normalized spacial score (nSPS) is 11.1. The van der Waals surface area contributed by atoms with Gasteiger partial charge in [-0.1, -0.05) is 0 Å². The number of rotatable bonds is 4. The lowest BCUT2D eigenvalue weighted by Crippen LogP contribution is -2.29. The molecule has 0 heterocycles. The minimum Gasteiger partial charge on any atom is -0.541 e. The van der Waals surface area contributed by atoms with Gasteiger partial charge >= 0.3 is 0 Å². The third-order valence-corrected chi connectivity index (χ3v) is 3.30. The van der Waals surface area contributed by atoms with E-state index in [2.05, 4.69) is 35.6 Å². The summed E-state index contributed by atoms with van der Waals surface area (Å²) in [6, 6.07) is 3.75. The lowest BCUT2D eigenvalue weighted by atomic mass is 10.3. The highest BCUT2D eigenvalue weighted by Gasteiger charge is 2.22. The minimum atomic E-state index is -1.68. The molecule has 0 N–H and O–H groups in total. The van der Waals surface area contributed by atoms with Gasteiger partial charge in [-0.15, -0.1) is 0 Å². The van der Waals surface area contributed by atoms with Crippen LogP contribution in [-0.4, -0.2) is 22.5 Å². The lowest BCUT2D eigenvalue weighted by molar-refractivity contribution is 0.342. The molecule has 90 valence electrons. The minimum absolute atomic E-state index is 0.638. The zero-order valence-corrected chi connectivity index (χ0v) is 12.8. The van der Waals surface area contributed by atoms with Crippen molar-refractivity contribution in [2.45, 2.75) is 19.6 Å². The van der Waals surface area contributed by atoms with E-state index < -0.39 is 8.32 Å². The number of hydrogen-bond donors (Lipinski definition) is 0. The van der Waals surface area contributed by atoms with E-state index in [9.17, 15) is 0 Å². The van der Waals surface area contributed by atoms with Gasteiger partial charge in [-0.2, -0.15) is 0 Å². The van der Waals surface area contributed by atoms with Crippen molar-refractivity contribution in [3.8, 4) is 17.2 Å². The van der Waals surface area contributed by atoms with Gasteiger partial charge in [0.25, 0.3) is 0 Å². The molecule has 0 radical (unpaired) electrons. The fourth-order valence-corrected chi connectivity index (χ4v) is 2.63. The lowest BCUT2D eigenvalue weighted by Gasteiger charge is -2.23. The van der Waals surface area contributed by atoms with E-state index >= 15 is 0 Å². The van der Waals surface area contributed by atoms with Crippen LogP contribution in [0.1, 0.15) is 0 Å². The van der Waals surface area contributed by atoms with Crippen LogP contribution in [0.25, 0.3) is 0 Å². The van der Waals surface area contributed by atoms with Crippen molar-refractivity contribution in [1.29, 1.82) is 0 Å². The fraction of sp³-hybridized carbons (Fsp3) is 0.455. The molecule has 0 amide bonds. The van der Waals surface area contributed by atoms with Crippen molar-refractivity contribution in [2.24, 2.45) is 0 Å². The SMILES string of the molecule is COc1ccc(Br)c(O[Si](C)(C)C)c1OC. The zero-order valence-electron chi connectivity index (χ0n) is 10.3. The second-order valence-electron chi connectivity index (χ2n) is 4.33. The molecule has 1 aromatic rings. The molecule has 5 heteroatoms. The molecule has 3 nitrogen and oxygen atoms in total. The second kappa shape index (κ2) is 5.10. The van der Waals surface area contributed by atoms with Crippen molar-refractivity contribution in [2.75, 3.05) is 14.2 Å². The maximum absolute atomic E-state index is 5.98. The first kappa shape index (κ1) is 13.4. The van der Waals surface area contributed by atoms with Gasteiger partial charge in [-0.3, -0.25) is 0 Å². The largest absolute Gasteiger partial charge is 0.541 e. The van der Waals surface area contributed by atoms with Crippen molar-refractivity contribution in [3.05, 3.63) is 16.6 Å². The summed E-state index contributed by atoms with van der Waals surface area (Å²) in [5, 5.41) is 0. The maximum Gasteiger partial charge on any atom is 0.242 e. The Labute approximate surface area is 106 Å². The van der Waals surface area contributed by atoms with Crippen LogP contribution < -0.4 is 13.9 Å². The van der Waals surface area contributed by atoms with Crippen LogP contribution in [0.4, 0.5) is 0 Å². The summed E-state index contributed by atoms with van der Waals surface area (Å²) in [5.41, 5.74) is 0. The van der Waals surface area contributed by atoms with Gasteiger partial charge in [0.1, 0.15) is 0 Å². The average Bonchev–Trinajstić information content (AvgIpc) is 2.19. The van der Waals surface area contributed by atoms with E-state index in [0.29, 0.717) is 11.5 Å². The summed E-state index contributed by atoms with van der Waals surface area (Å²) in [5.74, 6) is 2.04. The van der Waals surface area contributed by atoms with Gasteiger partial charge in [0.2, 0.25) is 14.1 Å². The molecular weight excluding hydrogens is 288 g/mol. The van der Waals surface area contributed by atoms with E-state index in [-0.39, 0.29) is 0 Å². The molecule has 0 spiro atoms. The fourth-order valence-electron chi connectivity index (χ4n) is 1.28. The van der Waals surface area contributed by atoms with Gasteiger partial charge in [0.15, 0.2) is 11.5 Å². The predicted molar refractivity (Wildman–Crippen MR) is 71.2 cm³/mol. The highest BCUT2D eigenvalue weighted by molar-refractivity contribution is 9.10. The Kier molecular flexibility index (Phi) is 4.26. The van der Waals surface area contributed by atoms with Gasteiger partial charge in [0, 0.05) is 0 Å². The molecule has 0 fully saturated rings. The third kappa shape index (κ3) is 3.15. The number of ether oxygens (including phenoxy) is 2. The Morgan fingerprint density at radius 2 is 1.62 bits per heavy atom. The molecule has 0 unspecified atom stereocenters. The van der Waals surface area contributed by atoms with Crippen LogP contribution in [0.5, 0.6) is 17.2 Å². The average molecular weight is 305 g/mol. The zero-order chi connectivity index (χ0) is 12.3. The first-order valence-corrected chi connectivity index (χ1v) is 9.18. The molecule has 0 aliphatic carbocycles. The van der Waals surface area contributed by atoms with Crippen molar-refractivity contribution >= 4 is 24.2 Å². The summed E-state index contributed by atoms with van der Waals surface area (Å²) >= 11 is 3.47. The van der Waals surface area contributed by atoms with Crippen LogP contribution in [0.3, 0.4) is 0 Å². The molecule has 1 aromatic carbocycles. The molecule has 0 saturated heterocycles. The Morgan fingerprint density at radius 3 is 2.06 bits per heavy atom. The topological polar surface area (TPSA) is 27.7 Å². The quantitative estimate of drug-likeness (QED) is 0.794. The molecule has 0 aliphatic heterocycles. The highest BCUT2D eigenvalue weighted by atomic mass is 79.9. The van der Waals surface area contributed by atoms with E-state index in [1.54, 1.807) is 14.2 Å². The summed E-state index contributed by atoms with van der Waals surface area (Å²) in [6.07, 6.45) is 0. The first-order valence-electron chi connectivity index (χ1n) is 4.98. The molecule has 0 aliphatic rings. The van der Waals surface area contributed by atoms with Crippen LogP contribution in [0.2, 0.25) is 19.6 Å². The Morgan fingerprint density at radius 1 is 1.00 bits per heavy atom. The van der Waals surface area contributed by atoms with Crippen LogP contribution in [0.15, 0.2) is 16.6 Å². The monoisotopic (exact) mass is 304 g/mol. The Balaban J connectivity index is 3.23. The van der Waals surface area contributed by atoms with Crippen LogP contribution in [-0.2, 0) is 0 Å². The van der Waals surface area contributed by atoms with Gasteiger partial charge < -0.3 is 13.9 Å². The summed E-state index contributed by atoms with van der Waals surface area (Å²) in [4.78, 5) is 0. The summed E-state index contributed by atoms with van der Waals surface area (Å²) < 4.78 is 17.4. The van der Waals surface area contributed by atoms with Crippen molar-refractivity contribution in [3.63, 3.8) is 0 Å². The van der Waals surface area contributed by atoms with Crippen LogP contribution in [0, 0.1) is 0 Å². The number of halogens is 1. The molecule has 16 heavy (non-hydrogen) atoms. The van der Waals surface area contributed by atoms with E-state index in [0.717, 1.165) is 10.2 Å². The first-order chi connectivity index (χ1) is 7.39. The molecule has 1 rings (SSSR count). The highest BCUT2D eigenvalue weighted by Crippen LogP contribution is 2.43. The molecule has 0 bridgehead atoms. The smallest absolute Gasteiger partial charge is 0.242 e. The van der Waals surface area contributed by atoms with Crippen molar-refractivity contribution in [1.82, 2.24) is 0 Å². The standard InChI is InChI=1S/C11H17BrO3Si/c1-13-9-7-6-8(12)10(11(9)14-2)15-16(3,4)5/h6-7H,1-5H3. The molecule has 0 aromatic heterocycles. The van der Waals surface area contributed by atoms with E-state index in [1.165, 1.54) is 0 Å². The Bertz CT molecular complexity index is 374. The number of methoxy groups -OCH3 is 2. The second-order valence-corrected chi connectivity index (χ2v) is 9.61. The maximum atomic E-state index is 5.98. The van der Waals surface area contributed by atoms with E-state index in [4.69, 9.17) is 13.9 Å².